The summed E-state index contributed by atoms with van der Waals surface area (Å²) in [7, 11) is 3.39. The van der Waals surface area contributed by atoms with Crippen LogP contribution in [-0.4, -0.2) is 48.4 Å². The number of methoxy groups -OCH3 is 1. The molecule has 0 saturated heterocycles. The molecule has 0 unspecified atom stereocenters. The van der Waals surface area contributed by atoms with Gasteiger partial charge in [0.2, 0.25) is 0 Å². The number of rotatable bonds is 10. The summed E-state index contributed by atoms with van der Waals surface area (Å²) < 4.78 is 25.5. The first kappa shape index (κ1) is 23.5. The van der Waals surface area contributed by atoms with E-state index in [1.165, 1.54) is 6.20 Å². The van der Waals surface area contributed by atoms with Gasteiger partial charge in [-0.2, -0.15) is 0 Å². The standard InChI is InChI=1S/C26H28FN3O4/c1-30(26-23(27)16-28-25(29-26)17-6-8-20(33-2)9-7-17)12-3-13-34-21-10-11-22-18(14-21)4-5-19(22)15-24(31)32/h6-11,14,16,19H,3-5,12-13,15H2,1-2H3,(H,31,32)/t19-/m0/s1. The predicted octanol–water partition coefficient (Wildman–Crippen LogP) is 4.70. The van der Waals surface area contributed by atoms with E-state index in [9.17, 15) is 9.18 Å². The van der Waals surface area contributed by atoms with E-state index in [0.717, 1.165) is 41.0 Å². The Morgan fingerprint density at radius 3 is 2.71 bits per heavy atom. The van der Waals surface area contributed by atoms with E-state index in [2.05, 4.69) is 9.97 Å². The summed E-state index contributed by atoms with van der Waals surface area (Å²) >= 11 is 0. The smallest absolute Gasteiger partial charge is 0.303 e. The van der Waals surface area contributed by atoms with Crippen molar-refractivity contribution < 1.29 is 23.8 Å². The van der Waals surface area contributed by atoms with Crippen LogP contribution in [-0.2, 0) is 11.2 Å². The lowest BCUT2D eigenvalue weighted by molar-refractivity contribution is -0.137. The van der Waals surface area contributed by atoms with Crippen LogP contribution in [0.15, 0.2) is 48.7 Å². The third-order valence-electron chi connectivity index (χ3n) is 6.08. The fourth-order valence-electron chi connectivity index (χ4n) is 4.30. The van der Waals surface area contributed by atoms with Gasteiger partial charge in [0, 0.05) is 19.2 Å². The maximum Gasteiger partial charge on any atom is 0.303 e. The van der Waals surface area contributed by atoms with E-state index in [1.807, 2.05) is 42.5 Å². The van der Waals surface area contributed by atoms with Crippen molar-refractivity contribution in [2.45, 2.75) is 31.6 Å². The van der Waals surface area contributed by atoms with Crippen LogP contribution in [0.5, 0.6) is 11.5 Å². The van der Waals surface area contributed by atoms with Gasteiger partial charge in [0.05, 0.1) is 26.3 Å². The minimum Gasteiger partial charge on any atom is -0.497 e. The molecule has 8 heteroatoms. The summed E-state index contributed by atoms with van der Waals surface area (Å²) in [6.45, 7) is 1.03. The highest BCUT2D eigenvalue weighted by Gasteiger charge is 2.24. The van der Waals surface area contributed by atoms with Gasteiger partial charge in [0.15, 0.2) is 17.5 Å². The van der Waals surface area contributed by atoms with Crippen LogP contribution in [0.2, 0.25) is 0 Å². The summed E-state index contributed by atoms with van der Waals surface area (Å²) in [5.41, 5.74) is 3.05. The van der Waals surface area contributed by atoms with Crippen LogP contribution in [0, 0.1) is 5.82 Å². The number of carboxylic acid groups (broad SMARTS) is 1. The number of carboxylic acids is 1. The summed E-state index contributed by atoms with van der Waals surface area (Å²) in [6.07, 6.45) is 3.77. The van der Waals surface area contributed by atoms with E-state index in [-0.39, 0.29) is 18.2 Å². The van der Waals surface area contributed by atoms with Gasteiger partial charge in [-0.05, 0) is 72.7 Å². The first-order chi connectivity index (χ1) is 16.4. The second-order valence-corrected chi connectivity index (χ2v) is 8.41. The first-order valence-corrected chi connectivity index (χ1v) is 11.3. The fraction of sp³-hybridized carbons (Fsp3) is 0.346. The molecule has 1 aliphatic carbocycles. The van der Waals surface area contributed by atoms with Crippen LogP contribution in [0.1, 0.15) is 36.3 Å². The van der Waals surface area contributed by atoms with Crippen LogP contribution in [0.25, 0.3) is 11.4 Å². The van der Waals surface area contributed by atoms with Crippen molar-refractivity contribution in [1.82, 2.24) is 9.97 Å². The molecule has 7 nitrogen and oxygen atoms in total. The van der Waals surface area contributed by atoms with Crippen molar-refractivity contribution in [1.29, 1.82) is 0 Å². The molecule has 178 valence electrons. The Bertz CT molecular complexity index is 1150. The van der Waals surface area contributed by atoms with Gasteiger partial charge in [0.1, 0.15) is 11.5 Å². The predicted molar refractivity (Wildman–Crippen MR) is 127 cm³/mol. The highest BCUT2D eigenvalue weighted by Crippen LogP contribution is 2.37. The zero-order valence-corrected chi connectivity index (χ0v) is 19.3. The first-order valence-electron chi connectivity index (χ1n) is 11.3. The van der Waals surface area contributed by atoms with Gasteiger partial charge < -0.3 is 19.5 Å². The third kappa shape index (κ3) is 5.44. The van der Waals surface area contributed by atoms with Crippen molar-refractivity contribution >= 4 is 11.8 Å². The number of fused-ring (bicyclic) bond motifs is 1. The Morgan fingerprint density at radius 1 is 1.21 bits per heavy atom. The number of hydrogen-bond acceptors (Lipinski definition) is 6. The highest BCUT2D eigenvalue weighted by molar-refractivity contribution is 5.68. The molecule has 0 saturated carbocycles. The van der Waals surface area contributed by atoms with Crippen molar-refractivity contribution in [2.24, 2.45) is 0 Å². The van der Waals surface area contributed by atoms with E-state index in [0.29, 0.717) is 25.4 Å². The number of anilines is 1. The number of aryl methyl sites for hydroxylation is 1. The molecular weight excluding hydrogens is 437 g/mol. The second kappa shape index (κ2) is 10.5. The number of carbonyl (C=O) groups is 1. The number of aromatic nitrogens is 2. The summed E-state index contributed by atoms with van der Waals surface area (Å²) in [6, 6.07) is 13.2. The number of ether oxygens (including phenoxy) is 2. The molecule has 0 spiro atoms. The molecule has 0 bridgehead atoms. The summed E-state index contributed by atoms with van der Waals surface area (Å²) in [5, 5.41) is 9.07. The molecule has 1 atom stereocenters. The van der Waals surface area contributed by atoms with Gasteiger partial charge in [-0.1, -0.05) is 6.07 Å². The molecule has 0 fully saturated rings. The maximum absolute atomic E-state index is 14.4. The Morgan fingerprint density at radius 2 is 1.97 bits per heavy atom. The monoisotopic (exact) mass is 465 g/mol. The lowest BCUT2D eigenvalue weighted by Crippen LogP contribution is -2.23. The van der Waals surface area contributed by atoms with Gasteiger partial charge in [-0.25, -0.2) is 14.4 Å². The third-order valence-corrected chi connectivity index (χ3v) is 6.08. The highest BCUT2D eigenvalue weighted by atomic mass is 19.1. The molecule has 2 aromatic carbocycles. The van der Waals surface area contributed by atoms with Crippen LogP contribution in [0.3, 0.4) is 0 Å². The molecule has 0 radical (unpaired) electrons. The zero-order chi connectivity index (χ0) is 24.1. The van der Waals surface area contributed by atoms with Gasteiger partial charge in [-0.15, -0.1) is 0 Å². The number of halogens is 1. The van der Waals surface area contributed by atoms with Gasteiger partial charge >= 0.3 is 5.97 Å². The van der Waals surface area contributed by atoms with E-state index in [4.69, 9.17) is 14.6 Å². The molecule has 0 aliphatic heterocycles. The molecule has 1 heterocycles. The zero-order valence-electron chi connectivity index (χ0n) is 19.3. The molecule has 1 N–H and O–H groups in total. The molecule has 1 aromatic heterocycles. The SMILES string of the molecule is COc1ccc(-c2ncc(F)c(N(C)CCCOc3ccc4c(c3)CC[C@H]4CC(=O)O)n2)cc1. The average molecular weight is 466 g/mol. The van der Waals surface area contributed by atoms with Crippen LogP contribution < -0.4 is 14.4 Å². The minimum atomic E-state index is -0.765. The fourth-order valence-corrected chi connectivity index (χ4v) is 4.30. The van der Waals surface area contributed by atoms with E-state index >= 15 is 0 Å². The van der Waals surface area contributed by atoms with Crippen molar-refractivity contribution in [3.05, 3.63) is 65.6 Å². The van der Waals surface area contributed by atoms with Gasteiger partial charge in [-0.3, -0.25) is 4.79 Å². The lowest BCUT2D eigenvalue weighted by Gasteiger charge is -2.19. The normalized spacial score (nSPS) is 14.5. The number of hydrogen-bond donors (Lipinski definition) is 1. The van der Waals surface area contributed by atoms with Crippen LogP contribution >= 0.6 is 0 Å². The van der Waals surface area contributed by atoms with E-state index < -0.39 is 11.8 Å². The van der Waals surface area contributed by atoms with Crippen molar-refractivity contribution in [3.8, 4) is 22.9 Å². The van der Waals surface area contributed by atoms with Gasteiger partial charge in [0.25, 0.3) is 0 Å². The minimum absolute atomic E-state index is 0.0840. The molecule has 1 aliphatic rings. The number of aliphatic carboxylic acids is 1. The molecular formula is C26H28FN3O4. The average Bonchev–Trinajstić information content (AvgIpc) is 3.23. The Labute approximate surface area is 198 Å². The second-order valence-electron chi connectivity index (χ2n) is 8.41. The summed E-state index contributed by atoms with van der Waals surface area (Å²) in [5.74, 6) is 1.03. The maximum atomic E-state index is 14.4. The van der Waals surface area contributed by atoms with Crippen LogP contribution in [0.4, 0.5) is 10.2 Å². The van der Waals surface area contributed by atoms with Crippen molar-refractivity contribution in [3.63, 3.8) is 0 Å². The number of benzene rings is 2. The summed E-state index contributed by atoms with van der Waals surface area (Å²) in [4.78, 5) is 21.3. The number of nitrogens with zero attached hydrogens (tertiary/aromatic N) is 3. The Balaban J connectivity index is 1.32. The topological polar surface area (TPSA) is 84.8 Å². The lowest BCUT2D eigenvalue weighted by atomic mass is 9.98. The molecule has 34 heavy (non-hydrogen) atoms. The molecule has 0 amide bonds. The largest absolute Gasteiger partial charge is 0.497 e. The Kier molecular flexibility index (Phi) is 7.25. The molecule has 4 rings (SSSR count). The van der Waals surface area contributed by atoms with Crippen molar-refractivity contribution in [2.75, 3.05) is 32.2 Å². The quantitative estimate of drug-likeness (QED) is 0.435. The molecule has 3 aromatic rings. The Hall–Kier alpha value is -3.68. The van der Waals surface area contributed by atoms with E-state index in [1.54, 1.807) is 19.1 Å².